The maximum Gasteiger partial charge on any atom is 0.228 e. The van der Waals surface area contributed by atoms with Crippen LogP contribution in [0.3, 0.4) is 0 Å². The van der Waals surface area contributed by atoms with E-state index in [1.165, 1.54) is 43.3 Å². The quantitative estimate of drug-likeness (QED) is 0.390. The molecule has 0 radical (unpaired) electrons. The minimum atomic E-state index is -3.58. The van der Waals surface area contributed by atoms with Crippen LogP contribution in [0, 0.1) is 5.82 Å². The number of hydrogen-bond acceptors (Lipinski definition) is 5. The third-order valence-corrected chi connectivity index (χ3v) is 9.38. The number of halogens is 3. The Labute approximate surface area is 213 Å². The van der Waals surface area contributed by atoms with Gasteiger partial charge in [-0.1, -0.05) is 55.2 Å². The van der Waals surface area contributed by atoms with Crippen molar-refractivity contribution in [3.05, 3.63) is 76.0 Å². The monoisotopic (exact) mass is 557 g/mol. The van der Waals surface area contributed by atoms with Gasteiger partial charge in [0.15, 0.2) is 19.7 Å². The molecule has 0 saturated carbocycles. The normalized spacial score (nSPS) is 11.9. The van der Waals surface area contributed by atoms with E-state index >= 15 is 0 Å². The van der Waals surface area contributed by atoms with Crippen LogP contribution in [0.2, 0.25) is 10.0 Å². The molecule has 1 N–H and O–H groups in total. The number of nitrogens with one attached hydrogen (secondary N) is 1. The summed E-state index contributed by atoms with van der Waals surface area (Å²) in [6, 6.07) is 12.4. The third kappa shape index (κ3) is 6.22. The maximum atomic E-state index is 14.8. The highest BCUT2D eigenvalue weighted by Crippen LogP contribution is 2.39. The molecular weight excluding hydrogens is 536 g/mol. The molecule has 186 valence electrons. The second kappa shape index (κ2) is 10.7. The number of carbonyl (C=O) groups is 1. The molecule has 0 aliphatic rings. The Morgan fingerprint density at radius 2 is 1.34 bits per heavy atom. The fourth-order valence-electron chi connectivity index (χ4n) is 3.33. The van der Waals surface area contributed by atoms with Gasteiger partial charge >= 0.3 is 0 Å². The van der Waals surface area contributed by atoms with Gasteiger partial charge < -0.3 is 5.32 Å². The molecule has 1 amide bonds. The van der Waals surface area contributed by atoms with Crippen LogP contribution >= 0.6 is 23.2 Å². The van der Waals surface area contributed by atoms with E-state index in [1.807, 2.05) is 0 Å². The van der Waals surface area contributed by atoms with E-state index in [9.17, 15) is 26.0 Å². The van der Waals surface area contributed by atoms with Crippen molar-refractivity contribution >= 4 is 54.5 Å². The lowest BCUT2D eigenvalue weighted by molar-refractivity contribution is -0.115. The van der Waals surface area contributed by atoms with Gasteiger partial charge in [-0.25, -0.2) is 21.2 Å². The van der Waals surface area contributed by atoms with E-state index in [2.05, 4.69) is 5.32 Å². The van der Waals surface area contributed by atoms with Gasteiger partial charge in [0.05, 0.1) is 37.8 Å². The minimum Gasteiger partial charge on any atom is -0.326 e. The van der Waals surface area contributed by atoms with Gasteiger partial charge in [-0.3, -0.25) is 4.79 Å². The van der Waals surface area contributed by atoms with E-state index in [-0.39, 0.29) is 54.6 Å². The fourth-order valence-corrected chi connectivity index (χ4v) is 5.80. The molecular formula is C24H22Cl2FNO5S2. The van der Waals surface area contributed by atoms with E-state index in [0.717, 1.165) is 6.07 Å². The number of carbonyl (C=O) groups excluding carboxylic acids is 1. The Morgan fingerprint density at radius 3 is 1.86 bits per heavy atom. The molecule has 0 aromatic heterocycles. The Balaban J connectivity index is 1.80. The van der Waals surface area contributed by atoms with Crippen LogP contribution in [0.5, 0.6) is 0 Å². The van der Waals surface area contributed by atoms with Crippen LogP contribution in [0.25, 0.3) is 11.1 Å². The van der Waals surface area contributed by atoms with E-state index < -0.39 is 31.4 Å². The molecule has 11 heteroatoms. The first kappa shape index (κ1) is 27.1. The lowest BCUT2D eigenvalue weighted by Gasteiger charge is -2.13. The summed E-state index contributed by atoms with van der Waals surface area (Å²) in [5.41, 5.74) is 1.08. The van der Waals surface area contributed by atoms with Crippen molar-refractivity contribution in [1.82, 2.24) is 0 Å². The van der Waals surface area contributed by atoms with Crippen molar-refractivity contribution in [3.63, 3.8) is 0 Å². The lowest BCUT2D eigenvalue weighted by atomic mass is 10.0. The summed E-state index contributed by atoms with van der Waals surface area (Å²) in [5, 5.41) is 2.78. The van der Waals surface area contributed by atoms with E-state index in [0.29, 0.717) is 5.56 Å². The molecule has 0 fully saturated rings. The Hall–Kier alpha value is -2.46. The van der Waals surface area contributed by atoms with Crippen LogP contribution in [0.4, 0.5) is 10.1 Å². The van der Waals surface area contributed by atoms with Gasteiger partial charge in [0, 0.05) is 16.8 Å². The molecule has 0 unspecified atom stereocenters. The van der Waals surface area contributed by atoms with Crippen LogP contribution in [0.1, 0.15) is 19.4 Å². The van der Waals surface area contributed by atoms with Crippen LogP contribution in [-0.2, 0) is 30.9 Å². The first-order chi connectivity index (χ1) is 16.4. The fraction of sp³-hybridized carbons (Fsp3) is 0.208. The van der Waals surface area contributed by atoms with E-state index in [4.69, 9.17) is 23.2 Å². The van der Waals surface area contributed by atoms with Gasteiger partial charge in [0.1, 0.15) is 5.82 Å². The van der Waals surface area contributed by atoms with Crippen LogP contribution < -0.4 is 5.32 Å². The zero-order valence-electron chi connectivity index (χ0n) is 18.8. The summed E-state index contributed by atoms with van der Waals surface area (Å²) >= 11 is 12.7. The molecule has 3 rings (SSSR count). The number of anilines is 1. The summed E-state index contributed by atoms with van der Waals surface area (Å²) in [6.07, 6.45) is -0.0224. The van der Waals surface area contributed by atoms with Crippen molar-refractivity contribution in [1.29, 1.82) is 0 Å². The Bertz CT molecular complexity index is 1470. The highest BCUT2D eigenvalue weighted by Gasteiger charge is 2.19. The average molecular weight is 558 g/mol. The first-order valence-electron chi connectivity index (χ1n) is 10.5. The molecule has 0 atom stereocenters. The summed E-state index contributed by atoms with van der Waals surface area (Å²) < 4.78 is 62.6. The number of rotatable bonds is 8. The first-order valence-corrected chi connectivity index (χ1v) is 14.6. The predicted molar refractivity (Wildman–Crippen MR) is 136 cm³/mol. The zero-order valence-corrected chi connectivity index (χ0v) is 22.0. The third-order valence-electron chi connectivity index (χ3n) is 5.30. The number of amides is 1. The van der Waals surface area contributed by atoms with Crippen molar-refractivity contribution in [3.8, 4) is 11.1 Å². The van der Waals surface area contributed by atoms with Crippen LogP contribution in [0.15, 0.2) is 64.4 Å². The molecule has 0 bridgehead atoms. The van der Waals surface area contributed by atoms with Gasteiger partial charge in [-0.05, 0) is 42.0 Å². The number of benzene rings is 3. The van der Waals surface area contributed by atoms with Gasteiger partial charge in [-0.15, -0.1) is 0 Å². The molecule has 0 aliphatic heterocycles. The van der Waals surface area contributed by atoms with E-state index in [1.54, 1.807) is 19.1 Å². The predicted octanol–water partition coefficient (Wildman–Crippen LogP) is 5.57. The van der Waals surface area contributed by atoms with Crippen molar-refractivity contribution in [2.45, 2.75) is 30.1 Å². The highest BCUT2D eigenvalue weighted by molar-refractivity contribution is 7.91. The Morgan fingerprint density at radius 1 is 0.829 bits per heavy atom. The number of sulfone groups is 2. The largest absolute Gasteiger partial charge is 0.326 e. The summed E-state index contributed by atoms with van der Waals surface area (Å²) in [5.74, 6) is -1.37. The zero-order chi connectivity index (χ0) is 26.0. The topological polar surface area (TPSA) is 97.4 Å². The second-order valence-electron chi connectivity index (χ2n) is 7.63. The number of hydrogen-bond donors (Lipinski definition) is 1. The van der Waals surface area contributed by atoms with Gasteiger partial charge in [0.2, 0.25) is 5.91 Å². The molecule has 35 heavy (non-hydrogen) atoms. The summed E-state index contributed by atoms with van der Waals surface area (Å²) in [4.78, 5) is 12.5. The smallest absolute Gasteiger partial charge is 0.228 e. The maximum absolute atomic E-state index is 14.8. The molecule has 0 spiro atoms. The molecule has 3 aromatic rings. The summed E-state index contributed by atoms with van der Waals surface area (Å²) in [7, 11) is -6.91. The Kier molecular flexibility index (Phi) is 8.26. The molecule has 0 aliphatic carbocycles. The highest BCUT2D eigenvalue weighted by atomic mass is 35.5. The molecule has 6 nitrogen and oxygen atoms in total. The molecule has 0 heterocycles. The average Bonchev–Trinajstić information content (AvgIpc) is 2.79. The van der Waals surface area contributed by atoms with Crippen molar-refractivity contribution in [2.24, 2.45) is 0 Å². The minimum absolute atomic E-state index is 0.0176. The standard InChI is InChI=1S/C24H22Cl2FNO5S2/c1-3-34(30,31)17-7-5-15(6-8-17)11-23(29)28-16-12-20(25)24(21(26)13-16)19-10-9-18(14-22(19)27)35(32,33)4-2/h5-10,12-14H,3-4,11H2,1-2H3,(H,28,29). The lowest BCUT2D eigenvalue weighted by Crippen LogP contribution is -2.14. The second-order valence-corrected chi connectivity index (χ2v) is 13.0. The van der Waals surface area contributed by atoms with Crippen molar-refractivity contribution < 1.29 is 26.0 Å². The summed E-state index contributed by atoms with van der Waals surface area (Å²) in [6.45, 7) is 3.02. The SMILES string of the molecule is CCS(=O)(=O)c1ccc(CC(=O)Nc2cc(Cl)c(-c3ccc(S(=O)(=O)CC)cc3F)c(Cl)c2)cc1. The van der Waals surface area contributed by atoms with Crippen LogP contribution in [-0.4, -0.2) is 34.2 Å². The van der Waals surface area contributed by atoms with Gasteiger partial charge in [0.25, 0.3) is 0 Å². The molecule has 3 aromatic carbocycles. The molecule has 0 saturated heterocycles. The van der Waals surface area contributed by atoms with Gasteiger partial charge in [-0.2, -0.15) is 0 Å². The van der Waals surface area contributed by atoms with Crippen molar-refractivity contribution in [2.75, 3.05) is 16.8 Å².